The highest BCUT2D eigenvalue weighted by molar-refractivity contribution is 6.16. The Bertz CT molecular complexity index is 951. The van der Waals surface area contributed by atoms with Gasteiger partial charge >= 0.3 is 5.97 Å². The third-order valence-corrected chi connectivity index (χ3v) is 3.59. The van der Waals surface area contributed by atoms with Crippen LogP contribution in [0.1, 0.15) is 29.8 Å². The van der Waals surface area contributed by atoms with Crippen molar-refractivity contribution in [3.8, 4) is 6.07 Å². The summed E-state index contributed by atoms with van der Waals surface area (Å²) in [6.07, 6.45) is 1.50. The summed E-state index contributed by atoms with van der Waals surface area (Å²) in [7, 11) is 1.34. The third-order valence-electron chi connectivity index (χ3n) is 3.59. The lowest BCUT2D eigenvalue weighted by molar-refractivity contribution is 0.0601. The number of anilines is 1. The molecule has 0 amide bonds. The fraction of sp³-hybridized carbons (Fsp3) is 0.235. The van der Waals surface area contributed by atoms with Crippen molar-refractivity contribution in [1.29, 1.82) is 5.26 Å². The van der Waals surface area contributed by atoms with Crippen LogP contribution in [0.4, 0.5) is 5.69 Å². The summed E-state index contributed by atoms with van der Waals surface area (Å²) in [5, 5.41) is 14.1. The lowest BCUT2D eigenvalue weighted by Gasteiger charge is -2.14. The predicted octanol–water partition coefficient (Wildman–Crippen LogP) is 3.19. The highest BCUT2D eigenvalue weighted by atomic mass is 16.5. The number of H-pyrrole nitrogens is 1. The highest BCUT2D eigenvalue weighted by Gasteiger charge is 2.20. The number of hydrogen-bond acceptors (Lipinski definition) is 5. The van der Waals surface area contributed by atoms with E-state index in [2.05, 4.69) is 21.4 Å². The molecule has 0 unspecified atom stereocenters. The molecule has 0 saturated carbocycles. The molecule has 0 radical (unpaired) electrons. The van der Waals surface area contributed by atoms with E-state index in [1.807, 2.05) is 19.9 Å². The Kier molecular flexibility index (Phi) is 3.62. The third kappa shape index (κ3) is 2.46. The first-order chi connectivity index (χ1) is 11.0. The summed E-state index contributed by atoms with van der Waals surface area (Å²) in [6.45, 7) is 3.98. The van der Waals surface area contributed by atoms with Crippen molar-refractivity contribution < 1.29 is 9.53 Å². The van der Waals surface area contributed by atoms with Gasteiger partial charge in [-0.1, -0.05) is 0 Å². The maximum atomic E-state index is 12.1. The molecule has 23 heavy (non-hydrogen) atoms. The zero-order valence-corrected chi connectivity index (χ0v) is 13.1. The van der Waals surface area contributed by atoms with E-state index in [1.165, 1.54) is 13.3 Å². The van der Waals surface area contributed by atoms with Crippen LogP contribution >= 0.6 is 0 Å². The van der Waals surface area contributed by atoms with Crippen LogP contribution in [-0.2, 0) is 4.74 Å². The minimum Gasteiger partial charge on any atom is -0.465 e. The largest absolute Gasteiger partial charge is 0.465 e. The van der Waals surface area contributed by atoms with Gasteiger partial charge in [-0.25, -0.2) is 9.78 Å². The van der Waals surface area contributed by atoms with E-state index in [1.54, 1.807) is 12.1 Å². The number of carbonyl (C=O) groups is 1. The van der Waals surface area contributed by atoms with Crippen molar-refractivity contribution in [3.63, 3.8) is 0 Å². The molecule has 2 aromatic heterocycles. The normalized spacial score (nSPS) is 10.9. The highest BCUT2D eigenvalue weighted by Crippen LogP contribution is 2.34. The smallest absolute Gasteiger partial charge is 0.341 e. The molecule has 0 fully saturated rings. The number of methoxy groups -OCH3 is 1. The maximum absolute atomic E-state index is 12.1. The number of ether oxygens (including phenoxy) is 1. The summed E-state index contributed by atoms with van der Waals surface area (Å²) >= 11 is 0. The number of fused-ring (bicyclic) bond motifs is 3. The summed E-state index contributed by atoms with van der Waals surface area (Å²) in [6, 6.07) is 7.63. The van der Waals surface area contributed by atoms with Crippen molar-refractivity contribution in [2.45, 2.75) is 19.9 Å². The zero-order valence-electron chi connectivity index (χ0n) is 13.1. The van der Waals surface area contributed by atoms with Crippen LogP contribution < -0.4 is 5.32 Å². The number of aromatic nitrogens is 2. The van der Waals surface area contributed by atoms with Gasteiger partial charge in [0.2, 0.25) is 0 Å². The number of hydrogen-bond donors (Lipinski definition) is 2. The first kappa shape index (κ1) is 14.9. The molecular weight excluding hydrogens is 292 g/mol. The molecule has 6 heteroatoms. The molecule has 0 bridgehead atoms. The van der Waals surface area contributed by atoms with Crippen molar-refractivity contribution in [3.05, 3.63) is 35.5 Å². The van der Waals surface area contributed by atoms with E-state index in [0.717, 1.165) is 16.3 Å². The number of rotatable bonds is 3. The van der Waals surface area contributed by atoms with Crippen LogP contribution in [0.3, 0.4) is 0 Å². The van der Waals surface area contributed by atoms with Gasteiger partial charge in [-0.15, -0.1) is 0 Å². The van der Waals surface area contributed by atoms with E-state index >= 15 is 0 Å². The lowest BCUT2D eigenvalue weighted by Crippen LogP contribution is -2.15. The first-order valence-electron chi connectivity index (χ1n) is 7.24. The fourth-order valence-corrected chi connectivity index (χ4v) is 2.63. The van der Waals surface area contributed by atoms with Crippen molar-refractivity contribution in [1.82, 2.24) is 9.97 Å². The van der Waals surface area contributed by atoms with E-state index < -0.39 is 5.97 Å². The Labute approximate surface area is 133 Å². The van der Waals surface area contributed by atoms with Gasteiger partial charge in [-0.3, -0.25) is 0 Å². The second-order valence-electron chi connectivity index (χ2n) is 5.56. The Hall–Kier alpha value is -3.07. The Balaban J connectivity index is 2.41. The number of aromatic amines is 1. The Morgan fingerprint density at radius 3 is 2.87 bits per heavy atom. The number of esters is 1. The molecule has 0 saturated heterocycles. The molecule has 0 atom stereocenters. The second kappa shape index (κ2) is 5.61. The van der Waals surface area contributed by atoms with Gasteiger partial charge in [0.15, 0.2) is 0 Å². The second-order valence-corrected chi connectivity index (χ2v) is 5.56. The Morgan fingerprint density at radius 1 is 1.43 bits per heavy atom. The summed E-state index contributed by atoms with van der Waals surface area (Å²) in [5.74, 6) is -0.451. The predicted molar refractivity (Wildman–Crippen MR) is 88.4 cm³/mol. The number of carbonyl (C=O) groups excluding carboxylic acids is 1. The molecule has 3 aromatic rings. The van der Waals surface area contributed by atoms with Crippen LogP contribution in [0.5, 0.6) is 0 Å². The van der Waals surface area contributed by atoms with E-state index in [-0.39, 0.29) is 6.04 Å². The van der Waals surface area contributed by atoms with Crippen molar-refractivity contribution >= 4 is 33.6 Å². The summed E-state index contributed by atoms with van der Waals surface area (Å²) < 4.78 is 4.86. The molecule has 6 nitrogen and oxygen atoms in total. The van der Waals surface area contributed by atoms with Gasteiger partial charge < -0.3 is 15.0 Å². The SMILES string of the molecule is COC(=O)c1cnc2[nH]c3ccc(C#N)cc3c2c1NC(C)C. The van der Waals surface area contributed by atoms with Crippen LogP contribution in [0.15, 0.2) is 24.4 Å². The lowest BCUT2D eigenvalue weighted by atomic mass is 10.1. The van der Waals surface area contributed by atoms with Gasteiger partial charge in [0, 0.05) is 23.1 Å². The van der Waals surface area contributed by atoms with Gasteiger partial charge in [-0.05, 0) is 32.0 Å². The molecule has 1 aromatic carbocycles. The zero-order chi connectivity index (χ0) is 16.6. The molecule has 3 rings (SSSR count). The Morgan fingerprint density at radius 2 is 2.22 bits per heavy atom. The molecule has 2 N–H and O–H groups in total. The molecular formula is C17H16N4O2. The van der Waals surface area contributed by atoms with Crippen LogP contribution in [0.2, 0.25) is 0 Å². The summed E-state index contributed by atoms with van der Waals surface area (Å²) in [4.78, 5) is 19.6. The van der Waals surface area contributed by atoms with Gasteiger partial charge in [-0.2, -0.15) is 5.26 Å². The van der Waals surface area contributed by atoms with Crippen molar-refractivity contribution in [2.75, 3.05) is 12.4 Å². The molecule has 0 aliphatic heterocycles. The standard InChI is InChI=1S/C17H16N4O2/c1-9(2)20-15-12(17(22)23-3)8-19-16-14(15)11-6-10(7-18)4-5-13(11)21-16/h4-6,8-9H,1-3H3,(H2,19,20,21). The van der Waals surface area contributed by atoms with Crippen LogP contribution in [0.25, 0.3) is 21.9 Å². The quantitative estimate of drug-likeness (QED) is 0.725. The van der Waals surface area contributed by atoms with Crippen molar-refractivity contribution in [2.24, 2.45) is 0 Å². The number of pyridine rings is 1. The van der Waals surface area contributed by atoms with E-state index in [0.29, 0.717) is 22.5 Å². The maximum Gasteiger partial charge on any atom is 0.341 e. The van der Waals surface area contributed by atoms with E-state index in [9.17, 15) is 4.79 Å². The molecule has 0 aliphatic carbocycles. The van der Waals surface area contributed by atoms with Gasteiger partial charge in [0.25, 0.3) is 0 Å². The number of nitrogens with one attached hydrogen (secondary N) is 2. The molecule has 2 heterocycles. The number of benzene rings is 1. The van der Waals surface area contributed by atoms with Gasteiger partial charge in [0.05, 0.1) is 29.8 Å². The van der Waals surface area contributed by atoms with Crippen LogP contribution in [0, 0.1) is 11.3 Å². The fourth-order valence-electron chi connectivity index (χ4n) is 2.63. The van der Waals surface area contributed by atoms with Gasteiger partial charge in [0.1, 0.15) is 11.2 Å². The minimum absolute atomic E-state index is 0.119. The monoisotopic (exact) mass is 308 g/mol. The molecule has 0 aliphatic rings. The average Bonchev–Trinajstić information content (AvgIpc) is 2.91. The number of nitrogens with zero attached hydrogens (tertiary/aromatic N) is 2. The minimum atomic E-state index is -0.451. The summed E-state index contributed by atoms with van der Waals surface area (Å²) in [5.41, 5.74) is 3.11. The van der Waals surface area contributed by atoms with E-state index in [4.69, 9.17) is 10.00 Å². The molecule has 116 valence electrons. The van der Waals surface area contributed by atoms with Crippen LogP contribution in [-0.4, -0.2) is 29.1 Å². The molecule has 0 spiro atoms. The average molecular weight is 308 g/mol. The number of nitriles is 1. The first-order valence-corrected chi connectivity index (χ1v) is 7.24. The topological polar surface area (TPSA) is 90.8 Å².